The molecule has 1 aromatic carbocycles. The highest BCUT2D eigenvalue weighted by Crippen LogP contribution is 2.30. The van der Waals surface area contributed by atoms with Crippen molar-refractivity contribution in [3.8, 4) is 0 Å². The van der Waals surface area contributed by atoms with Gasteiger partial charge in [-0.05, 0) is 56.3 Å². The molecule has 2 fully saturated rings. The molecule has 0 radical (unpaired) electrons. The number of nitrogens with one attached hydrogen (secondary N) is 1. The largest absolute Gasteiger partial charge is 0.381 e. The van der Waals surface area contributed by atoms with E-state index in [-0.39, 0.29) is 0 Å². The number of aromatic nitrogens is 3. The zero-order valence-electron chi connectivity index (χ0n) is 18.5. The van der Waals surface area contributed by atoms with Crippen molar-refractivity contribution in [3.05, 3.63) is 64.6 Å². The summed E-state index contributed by atoms with van der Waals surface area (Å²) < 4.78 is 7.46. The lowest BCUT2D eigenvalue weighted by Crippen LogP contribution is -2.34. The first-order valence-corrected chi connectivity index (χ1v) is 12.2. The monoisotopic (exact) mass is 453 g/mol. The second-order valence-electron chi connectivity index (χ2n) is 9.12. The van der Waals surface area contributed by atoms with Crippen LogP contribution in [0.1, 0.15) is 48.4 Å². The first-order chi connectivity index (χ1) is 15.8. The topological polar surface area (TPSA) is 54.7 Å². The Labute approximate surface area is 194 Å². The van der Waals surface area contributed by atoms with E-state index in [1.54, 1.807) is 0 Å². The highest BCUT2D eigenvalue weighted by Gasteiger charge is 2.25. The van der Waals surface area contributed by atoms with Gasteiger partial charge in [0.1, 0.15) is 0 Å². The van der Waals surface area contributed by atoms with Gasteiger partial charge in [0.05, 0.1) is 5.69 Å². The van der Waals surface area contributed by atoms with E-state index in [1.165, 1.54) is 24.1 Å². The number of halogens is 1. The summed E-state index contributed by atoms with van der Waals surface area (Å²) in [6.07, 6.45) is 6.52. The molecule has 5 rings (SSSR count). The summed E-state index contributed by atoms with van der Waals surface area (Å²) in [5.74, 6) is 1.10. The standard InChI is InChI=1S/C25H32ClN5O/c26-24-22(16-27-15-19-9-13-32-14-10-19)25-28-11-8-23(31(25)29-24)21-7-4-12-30(18-21)17-20-5-2-1-3-6-20/h1-3,5-6,8,11,19,21,27H,4,7,9-10,12-18H2. The molecule has 0 spiro atoms. The Balaban J connectivity index is 1.29. The zero-order chi connectivity index (χ0) is 21.8. The number of ether oxygens (including phenoxy) is 1. The molecular formula is C25H32ClN5O. The number of piperidine rings is 1. The molecule has 7 heteroatoms. The van der Waals surface area contributed by atoms with Crippen molar-refractivity contribution in [1.29, 1.82) is 0 Å². The van der Waals surface area contributed by atoms with E-state index < -0.39 is 0 Å². The molecule has 2 aliphatic rings. The maximum absolute atomic E-state index is 6.59. The van der Waals surface area contributed by atoms with Crippen molar-refractivity contribution in [3.63, 3.8) is 0 Å². The molecule has 0 saturated carbocycles. The molecule has 2 aromatic heterocycles. The molecule has 2 aliphatic heterocycles. The molecule has 0 bridgehead atoms. The van der Waals surface area contributed by atoms with E-state index in [2.05, 4.69) is 51.6 Å². The van der Waals surface area contributed by atoms with Gasteiger partial charge in [-0.1, -0.05) is 41.9 Å². The van der Waals surface area contributed by atoms with Crippen molar-refractivity contribution in [2.75, 3.05) is 32.8 Å². The minimum atomic E-state index is 0.428. The van der Waals surface area contributed by atoms with Gasteiger partial charge in [-0.25, -0.2) is 9.50 Å². The fraction of sp³-hybridized carbons (Fsp3) is 0.520. The smallest absolute Gasteiger partial charge is 0.161 e. The molecule has 1 N–H and O–H groups in total. The molecule has 2 saturated heterocycles. The summed E-state index contributed by atoms with van der Waals surface area (Å²) in [7, 11) is 0. The van der Waals surface area contributed by atoms with E-state index >= 15 is 0 Å². The van der Waals surface area contributed by atoms with Crippen molar-refractivity contribution < 1.29 is 4.74 Å². The average Bonchev–Trinajstić information content (AvgIpc) is 3.16. The van der Waals surface area contributed by atoms with Crippen LogP contribution >= 0.6 is 11.6 Å². The lowest BCUT2D eigenvalue weighted by atomic mass is 9.94. The molecule has 0 aliphatic carbocycles. The van der Waals surface area contributed by atoms with Crippen LogP contribution in [0, 0.1) is 5.92 Å². The first-order valence-electron chi connectivity index (χ1n) is 11.8. The Bertz CT molecular complexity index is 1020. The second-order valence-corrected chi connectivity index (χ2v) is 9.48. The number of hydrogen-bond donors (Lipinski definition) is 1. The van der Waals surface area contributed by atoms with Crippen LogP contribution in [0.2, 0.25) is 5.15 Å². The Morgan fingerprint density at radius 1 is 1.09 bits per heavy atom. The van der Waals surface area contributed by atoms with E-state index in [4.69, 9.17) is 21.4 Å². The molecule has 3 aromatic rings. The quantitative estimate of drug-likeness (QED) is 0.578. The predicted octanol–water partition coefficient (Wildman–Crippen LogP) is 4.28. The zero-order valence-corrected chi connectivity index (χ0v) is 19.3. The average molecular weight is 454 g/mol. The third-order valence-electron chi connectivity index (χ3n) is 6.84. The van der Waals surface area contributed by atoms with Gasteiger partial charge in [0.15, 0.2) is 10.8 Å². The van der Waals surface area contributed by atoms with E-state index in [1.807, 2.05) is 10.7 Å². The maximum atomic E-state index is 6.59. The van der Waals surface area contributed by atoms with Crippen LogP contribution < -0.4 is 5.32 Å². The lowest BCUT2D eigenvalue weighted by molar-refractivity contribution is 0.0662. The summed E-state index contributed by atoms with van der Waals surface area (Å²) in [6.45, 7) is 6.58. The SMILES string of the molecule is Clc1nn2c(C3CCCN(Cc4ccccc4)C3)ccnc2c1CNCC1CCOCC1. The van der Waals surface area contributed by atoms with Crippen LogP contribution in [0.3, 0.4) is 0 Å². The summed E-state index contributed by atoms with van der Waals surface area (Å²) in [6, 6.07) is 12.8. The fourth-order valence-corrected chi connectivity index (χ4v) is 5.30. The van der Waals surface area contributed by atoms with Crippen LogP contribution in [0.4, 0.5) is 0 Å². The summed E-state index contributed by atoms with van der Waals surface area (Å²) >= 11 is 6.59. The number of rotatable bonds is 7. The van der Waals surface area contributed by atoms with Crippen molar-refractivity contribution in [1.82, 2.24) is 24.8 Å². The highest BCUT2D eigenvalue weighted by molar-refractivity contribution is 6.30. The fourth-order valence-electron chi connectivity index (χ4n) is 5.08. The molecule has 4 heterocycles. The number of nitrogens with zero attached hydrogens (tertiary/aromatic N) is 4. The molecular weight excluding hydrogens is 422 g/mol. The normalized spacial score (nSPS) is 20.7. The van der Waals surface area contributed by atoms with Gasteiger partial charge in [0.2, 0.25) is 0 Å². The Morgan fingerprint density at radius 3 is 2.78 bits per heavy atom. The molecule has 32 heavy (non-hydrogen) atoms. The van der Waals surface area contributed by atoms with E-state index in [0.29, 0.717) is 23.5 Å². The maximum Gasteiger partial charge on any atom is 0.161 e. The summed E-state index contributed by atoms with van der Waals surface area (Å²) in [5, 5.41) is 8.84. The van der Waals surface area contributed by atoms with Crippen molar-refractivity contribution in [2.45, 2.75) is 44.7 Å². The van der Waals surface area contributed by atoms with Crippen molar-refractivity contribution >= 4 is 17.2 Å². The molecule has 0 amide bonds. The lowest BCUT2D eigenvalue weighted by Gasteiger charge is -2.33. The van der Waals surface area contributed by atoms with Crippen LogP contribution in [0.15, 0.2) is 42.6 Å². The van der Waals surface area contributed by atoms with Gasteiger partial charge < -0.3 is 10.1 Å². The van der Waals surface area contributed by atoms with E-state index in [0.717, 1.165) is 63.4 Å². The van der Waals surface area contributed by atoms with Gasteiger partial charge >= 0.3 is 0 Å². The van der Waals surface area contributed by atoms with Gasteiger partial charge in [-0.3, -0.25) is 4.90 Å². The van der Waals surface area contributed by atoms with Gasteiger partial charge in [0, 0.05) is 50.5 Å². The van der Waals surface area contributed by atoms with Crippen LogP contribution in [-0.2, 0) is 17.8 Å². The van der Waals surface area contributed by atoms with Crippen molar-refractivity contribution in [2.24, 2.45) is 5.92 Å². The minimum Gasteiger partial charge on any atom is -0.381 e. The number of likely N-dealkylation sites (tertiary alicyclic amines) is 1. The van der Waals surface area contributed by atoms with E-state index in [9.17, 15) is 0 Å². The van der Waals surface area contributed by atoms with Crippen LogP contribution in [0.25, 0.3) is 5.65 Å². The third-order valence-corrected chi connectivity index (χ3v) is 7.15. The highest BCUT2D eigenvalue weighted by atomic mass is 35.5. The number of benzene rings is 1. The number of hydrogen-bond acceptors (Lipinski definition) is 5. The molecule has 1 atom stereocenters. The van der Waals surface area contributed by atoms with Gasteiger partial charge in [-0.2, -0.15) is 5.10 Å². The van der Waals surface area contributed by atoms with Crippen LogP contribution in [-0.4, -0.2) is 52.3 Å². The van der Waals surface area contributed by atoms with Gasteiger partial charge in [0.25, 0.3) is 0 Å². The molecule has 6 nitrogen and oxygen atoms in total. The predicted molar refractivity (Wildman–Crippen MR) is 127 cm³/mol. The Kier molecular flexibility index (Phi) is 7.03. The van der Waals surface area contributed by atoms with Gasteiger partial charge in [-0.15, -0.1) is 0 Å². The Hall–Kier alpha value is -1.99. The third kappa shape index (κ3) is 4.99. The molecule has 1 unspecified atom stereocenters. The van der Waals surface area contributed by atoms with Crippen LogP contribution in [0.5, 0.6) is 0 Å². The minimum absolute atomic E-state index is 0.428. The summed E-state index contributed by atoms with van der Waals surface area (Å²) in [4.78, 5) is 7.20. The number of fused-ring (bicyclic) bond motifs is 1. The molecule has 170 valence electrons. The summed E-state index contributed by atoms with van der Waals surface area (Å²) in [5.41, 5.74) is 4.46. The first kappa shape index (κ1) is 21.8. The Morgan fingerprint density at radius 2 is 1.94 bits per heavy atom. The second kappa shape index (κ2) is 10.3.